The number of benzene rings is 1. The van der Waals surface area contributed by atoms with E-state index >= 15 is 0 Å². The fourth-order valence-corrected chi connectivity index (χ4v) is 2.75. The summed E-state index contributed by atoms with van der Waals surface area (Å²) in [5, 5.41) is -0.123. The number of halogens is 5. The van der Waals surface area contributed by atoms with Gasteiger partial charge in [-0.05, 0) is 47.1 Å². The van der Waals surface area contributed by atoms with Gasteiger partial charge in [-0.1, -0.05) is 20.8 Å². The van der Waals surface area contributed by atoms with Crippen LogP contribution in [0.15, 0.2) is 23.1 Å². The van der Waals surface area contributed by atoms with E-state index in [1.165, 1.54) is 10.6 Å². The Morgan fingerprint density at radius 3 is 2.22 bits per heavy atom. The van der Waals surface area contributed by atoms with Gasteiger partial charge in [0.25, 0.3) is 0 Å². The molecule has 0 fully saturated rings. The maximum Gasteiger partial charge on any atom is 0.421 e. The molecule has 0 amide bonds. The summed E-state index contributed by atoms with van der Waals surface area (Å²) < 4.78 is 55.0. The first kappa shape index (κ1) is 18.2. The average Bonchev–Trinajstić information content (AvgIpc) is 2.38. The third-order valence-electron chi connectivity index (χ3n) is 4.05. The molecule has 1 heterocycles. The highest BCUT2D eigenvalue weighted by Crippen LogP contribution is 2.35. The Bertz CT molecular complexity index is 818. The number of pyridine rings is 1. The smallest absolute Gasteiger partial charge is 0.343 e. The molecule has 0 aliphatic rings. The Morgan fingerprint density at radius 1 is 1.17 bits per heavy atom. The fraction of sp³-hybridized carbons (Fsp3) is 0.438. The maximum atomic E-state index is 13.9. The number of hydrogen-bond donors (Lipinski definition) is 0. The molecule has 126 valence electrons. The molecule has 0 unspecified atom stereocenters. The van der Waals surface area contributed by atoms with Gasteiger partial charge < -0.3 is 4.57 Å². The van der Waals surface area contributed by atoms with Gasteiger partial charge >= 0.3 is 6.18 Å². The molecular weight excluding hydrogens is 425 g/mol. The van der Waals surface area contributed by atoms with E-state index in [9.17, 15) is 22.4 Å². The Balaban J connectivity index is 2.98. The van der Waals surface area contributed by atoms with Crippen LogP contribution in [-0.2, 0) is 6.18 Å². The van der Waals surface area contributed by atoms with Gasteiger partial charge in [0.05, 0.1) is 5.52 Å². The molecule has 1 atom stereocenters. The monoisotopic (exact) mass is 441 g/mol. The van der Waals surface area contributed by atoms with Crippen molar-refractivity contribution >= 4 is 33.5 Å². The highest BCUT2D eigenvalue weighted by atomic mass is 127. The van der Waals surface area contributed by atoms with Crippen LogP contribution < -0.4 is 5.43 Å². The van der Waals surface area contributed by atoms with Crippen molar-refractivity contribution in [3.8, 4) is 0 Å². The molecule has 1 aromatic carbocycles. The van der Waals surface area contributed by atoms with E-state index in [4.69, 9.17) is 0 Å². The molecule has 23 heavy (non-hydrogen) atoms. The SMILES string of the molecule is C[C@H](n1cc(C(F)(F)F)c(=O)c2cc(I)c(F)cc21)C(C)(C)C. The second-order valence-electron chi connectivity index (χ2n) is 6.60. The van der Waals surface area contributed by atoms with Crippen molar-refractivity contribution in [1.29, 1.82) is 0 Å². The molecule has 0 saturated heterocycles. The van der Waals surface area contributed by atoms with Crippen LogP contribution in [0.2, 0.25) is 0 Å². The average molecular weight is 441 g/mol. The lowest BCUT2D eigenvalue weighted by Gasteiger charge is -2.31. The van der Waals surface area contributed by atoms with Crippen LogP contribution in [0.3, 0.4) is 0 Å². The topological polar surface area (TPSA) is 22.0 Å². The van der Waals surface area contributed by atoms with Gasteiger partial charge in [-0.25, -0.2) is 4.39 Å². The molecule has 0 radical (unpaired) electrons. The van der Waals surface area contributed by atoms with Crippen LogP contribution in [0, 0.1) is 14.8 Å². The first-order valence-corrected chi connectivity index (χ1v) is 8.03. The molecule has 2 aromatic rings. The van der Waals surface area contributed by atoms with E-state index in [0.29, 0.717) is 0 Å². The lowest BCUT2D eigenvalue weighted by atomic mass is 9.87. The number of aromatic nitrogens is 1. The third-order valence-corrected chi connectivity index (χ3v) is 4.88. The highest BCUT2D eigenvalue weighted by Gasteiger charge is 2.36. The zero-order chi connectivity index (χ0) is 17.7. The van der Waals surface area contributed by atoms with Crippen LogP contribution in [-0.4, -0.2) is 4.57 Å². The minimum absolute atomic E-state index is 0.112. The molecule has 2 nitrogen and oxygen atoms in total. The molecule has 0 bridgehead atoms. The van der Waals surface area contributed by atoms with Gasteiger partial charge in [-0.15, -0.1) is 0 Å². The Morgan fingerprint density at radius 2 is 1.74 bits per heavy atom. The number of nitrogens with zero attached hydrogens (tertiary/aromatic N) is 1. The first-order valence-electron chi connectivity index (χ1n) is 6.95. The molecule has 2 rings (SSSR count). The van der Waals surface area contributed by atoms with Crippen molar-refractivity contribution in [1.82, 2.24) is 4.57 Å². The number of rotatable bonds is 1. The predicted octanol–water partition coefficient (Wildman–Crippen LogP) is 5.37. The summed E-state index contributed by atoms with van der Waals surface area (Å²) in [5.41, 5.74) is -2.56. The molecule has 1 aromatic heterocycles. The van der Waals surface area contributed by atoms with Gasteiger partial charge in [-0.3, -0.25) is 4.79 Å². The van der Waals surface area contributed by atoms with Gasteiger partial charge in [0.15, 0.2) is 0 Å². The Labute approximate surface area is 144 Å². The van der Waals surface area contributed by atoms with Gasteiger partial charge in [-0.2, -0.15) is 13.2 Å². The van der Waals surface area contributed by atoms with Crippen LogP contribution in [0.4, 0.5) is 17.6 Å². The predicted molar refractivity (Wildman–Crippen MR) is 90.1 cm³/mol. The summed E-state index contributed by atoms with van der Waals surface area (Å²) in [4.78, 5) is 12.2. The lowest BCUT2D eigenvalue weighted by molar-refractivity contribution is -0.138. The molecule has 0 N–H and O–H groups in total. The number of fused-ring (bicyclic) bond motifs is 1. The lowest BCUT2D eigenvalue weighted by Crippen LogP contribution is -2.27. The molecule has 0 aliphatic heterocycles. The van der Waals surface area contributed by atoms with E-state index < -0.39 is 23.0 Å². The van der Waals surface area contributed by atoms with E-state index in [-0.39, 0.29) is 25.9 Å². The standard InChI is InChI=1S/C16H16F4INO/c1-8(15(2,3)4)22-7-10(16(18,19)20)14(23)9-5-12(21)11(17)6-13(9)22/h5-8H,1-4H3/t8-/m0/s1. The van der Waals surface area contributed by atoms with Crippen molar-refractivity contribution in [3.05, 3.63) is 43.5 Å². The zero-order valence-corrected chi connectivity index (χ0v) is 15.2. The maximum absolute atomic E-state index is 13.9. The summed E-state index contributed by atoms with van der Waals surface area (Å²) in [6, 6.07) is 1.93. The van der Waals surface area contributed by atoms with Crippen LogP contribution in [0.1, 0.15) is 39.3 Å². The minimum Gasteiger partial charge on any atom is -0.343 e. The van der Waals surface area contributed by atoms with E-state index in [2.05, 4.69) is 0 Å². The van der Waals surface area contributed by atoms with Crippen LogP contribution >= 0.6 is 22.6 Å². The van der Waals surface area contributed by atoms with E-state index in [1.54, 1.807) is 29.5 Å². The summed E-state index contributed by atoms with van der Waals surface area (Å²) in [6.45, 7) is 7.37. The van der Waals surface area contributed by atoms with Crippen LogP contribution in [0.5, 0.6) is 0 Å². The van der Waals surface area contributed by atoms with E-state index in [0.717, 1.165) is 12.3 Å². The number of hydrogen-bond acceptors (Lipinski definition) is 1. The molecule has 0 aliphatic carbocycles. The summed E-state index contributed by atoms with van der Waals surface area (Å²) >= 11 is 1.66. The van der Waals surface area contributed by atoms with Crippen molar-refractivity contribution in [3.63, 3.8) is 0 Å². The Kier molecular flexibility index (Phi) is 4.56. The number of alkyl halides is 3. The summed E-state index contributed by atoms with van der Waals surface area (Å²) in [6.07, 6.45) is -3.96. The third kappa shape index (κ3) is 3.39. The second kappa shape index (κ2) is 5.75. The van der Waals surface area contributed by atoms with Gasteiger partial charge in [0.2, 0.25) is 5.43 Å². The van der Waals surface area contributed by atoms with Crippen molar-refractivity contribution in [2.75, 3.05) is 0 Å². The molecule has 0 spiro atoms. The van der Waals surface area contributed by atoms with Crippen molar-refractivity contribution in [2.24, 2.45) is 5.41 Å². The van der Waals surface area contributed by atoms with Crippen molar-refractivity contribution < 1.29 is 17.6 Å². The van der Waals surface area contributed by atoms with Crippen molar-refractivity contribution in [2.45, 2.75) is 39.9 Å². The summed E-state index contributed by atoms with van der Waals surface area (Å²) in [5.74, 6) is -0.563. The Hall–Kier alpha value is -1.12. The largest absolute Gasteiger partial charge is 0.421 e. The van der Waals surface area contributed by atoms with Gasteiger partial charge in [0.1, 0.15) is 11.4 Å². The van der Waals surface area contributed by atoms with E-state index in [1.807, 2.05) is 20.8 Å². The molecule has 7 heteroatoms. The quantitative estimate of drug-likeness (QED) is 0.431. The highest BCUT2D eigenvalue weighted by molar-refractivity contribution is 14.1. The van der Waals surface area contributed by atoms with Crippen LogP contribution in [0.25, 0.3) is 10.9 Å². The minimum atomic E-state index is -4.76. The van der Waals surface area contributed by atoms with Gasteiger partial charge in [0, 0.05) is 21.2 Å². The zero-order valence-electron chi connectivity index (χ0n) is 13.1. The molecule has 0 saturated carbocycles. The summed E-state index contributed by atoms with van der Waals surface area (Å²) in [7, 11) is 0. The second-order valence-corrected chi connectivity index (χ2v) is 7.76. The fourth-order valence-electron chi connectivity index (χ4n) is 2.28. The first-order chi connectivity index (χ1) is 10.3. The molecular formula is C16H16F4INO. The normalized spacial score (nSPS) is 14.3.